The lowest BCUT2D eigenvalue weighted by molar-refractivity contribution is -0.113. The molecule has 11 heteroatoms. The number of esters is 2. The fraction of sp³-hybridized carbons (Fsp3) is 0.261. The SMILES string of the molecule is CCn1c(SCC(=O)Nc2cc(C(=O)OC)cc(C(=O)OC)c2)nnc1-c1ccc(OC)cc1. The van der Waals surface area contributed by atoms with Crippen LogP contribution in [0.25, 0.3) is 11.4 Å². The maximum Gasteiger partial charge on any atom is 0.337 e. The van der Waals surface area contributed by atoms with Crippen LogP contribution in [0.4, 0.5) is 5.69 Å². The Morgan fingerprint density at radius 3 is 2.09 bits per heavy atom. The molecule has 0 saturated heterocycles. The van der Waals surface area contributed by atoms with Crippen LogP contribution in [0.5, 0.6) is 5.75 Å². The number of benzene rings is 2. The van der Waals surface area contributed by atoms with Crippen molar-refractivity contribution in [2.45, 2.75) is 18.6 Å². The summed E-state index contributed by atoms with van der Waals surface area (Å²) in [4.78, 5) is 36.5. The van der Waals surface area contributed by atoms with Gasteiger partial charge in [-0.1, -0.05) is 11.8 Å². The first-order valence-electron chi connectivity index (χ1n) is 10.2. The van der Waals surface area contributed by atoms with E-state index >= 15 is 0 Å². The average Bonchev–Trinajstić information content (AvgIpc) is 3.29. The van der Waals surface area contributed by atoms with Crippen LogP contribution < -0.4 is 10.1 Å². The van der Waals surface area contributed by atoms with Gasteiger partial charge in [0.2, 0.25) is 5.91 Å². The van der Waals surface area contributed by atoms with E-state index in [-0.39, 0.29) is 28.5 Å². The highest BCUT2D eigenvalue weighted by molar-refractivity contribution is 7.99. The molecule has 0 aliphatic rings. The molecule has 0 radical (unpaired) electrons. The van der Waals surface area contributed by atoms with Gasteiger partial charge in [-0.25, -0.2) is 9.59 Å². The molecule has 0 bridgehead atoms. The van der Waals surface area contributed by atoms with E-state index in [1.807, 2.05) is 35.8 Å². The molecule has 0 unspecified atom stereocenters. The zero-order valence-electron chi connectivity index (χ0n) is 19.2. The van der Waals surface area contributed by atoms with Crippen molar-refractivity contribution in [1.82, 2.24) is 14.8 Å². The van der Waals surface area contributed by atoms with Crippen molar-refractivity contribution >= 4 is 35.3 Å². The maximum absolute atomic E-state index is 12.6. The van der Waals surface area contributed by atoms with Crippen molar-refractivity contribution in [3.8, 4) is 17.1 Å². The normalized spacial score (nSPS) is 10.5. The number of rotatable bonds is 9. The highest BCUT2D eigenvalue weighted by atomic mass is 32.2. The third-order valence-corrected chi connectivity index (χ3v) is 5.74. The van der Waals surface area contributed by atoms with E-state index in [1.54, 1.807) is 7.11 Å². The highest BCUT2D eigenvalue weighted by Crippen LogP contribution is 2.26. The van der Waals surface area contributed by atoms with Gasteiger partial charge in [0.15, 0.2) is 11.0 Å². The van der Waals surface area contributed by atoms with Crippen LogP contribution in [0.2, 0.25) is 0 Å². The van der Waals surface area contributed by atoms with Gasteiger partial charge < -0.3 is 24.1 Å². The predicted octanol–water partition coefficient (Wildman–Crippen LogP) is 3.28. The first-order valence-corrected chi connectivity index (χ1v) is 11.2. The Balaban J connectivity index is 1.73. The molecule has 0 aliphatic carbocycles. The zero-order chi connectivity index (χ0) is 24.7. The second-order valence-electron chi connectivity index (χ2n) is 6.90. The summed E-state index contributed by atoms with van der Waals surface area (Å²) in [7, 11) is 4.06. The van der Waals surface area contributed by atoms with Crippen LogP contribution >= 0.6 is 11.8 Å². The molecule has 10 nitrogen and oxygen atoms in total. The van der Waals surface area contributed by atoms with Gasteiger partial charge in [-0.05, 0) is 49.4 Å². The van der Waals surface area contributed by atoms with E-state index in [0.717, 1.165) is 11.3 Å². The summed E-state index contributed by atoms with van der Waals surface area (Å²) < 4.78 is 16.5. The average molecular weight is 485 g/mol. The number of anilines is 1. The highest BCUT2D eigenvalue weighted by Gasteiger charge is 2.17. The molecule has 0 fully saturated rings. The molecule has 1 N–H and O–H groups in total. The van der Waals surface area contributed by atoms with Crippen LogP contribution in [0, 0.1) is 0 Å². The first-order chi connectivity index (χ1) is 16.4. The smallest absolute Gasteiger partial charge is 0.337 e. The first kappa shape index (κ1) is 24.8. The molecule has 1 heterocycles. The Bertz CT molecular complexity index is 1160. The van der Waals surface area contributed by atoms with Crippen LogP contribution in [0.3, 0.4) is 0 Å². The van der Waals surface area contributed by atoms with Crippen molar-refractivity contribution in [2.75, 3.05) is 32.4 Å². The van der Waals surface area contributed by atoms with E-state index in [2.05, 4.69) is 15.5 Å². The molecule has 3 aromatic rings. The quantitative estimate of drug-likeness (QED) is 0.360. The van der Waals surface area contributed by atoms with Gasteiger partial charge in [0.1, 0.15) is 5.75 Å². The lowest BCUT2D eigenvalue weighted by Gasteiger charge is -2.10. The Kier molecular flexibility index (Phi) is 8.25. The standard InChI is InChI=1S/C23H24N4O6S/c1-5-27-20(14-6-8-18(31-2)9-7-14)25-26-23(27)34-13-19(28)24-17-11-15(21(29)32-3)10-16(12-17)22(30)33-4/h6-12H,5,13H2,1-4H3,(H,24,28). The van der Waals surface area contributed by atoms with E-state index in [9.17, 15) is 14.4 Å². The number of hydrogen-bond acceptors (Lipinski definition) is 9. The molecule has 0 aliphatic heterocycles. The van der Waals surface area contributed by atoms with Crippen molar-refractivity contribution < 1.29 is 28.6 Å². The molecule has 0 atom stereocenters. The summed E-state index contributed by atoms with van der Waals surface area (Å²) in [5.41, 5.74) is 1.37. The number of carbonyl (C=O) groups excluding carboxylic acids is 3. The van der Waals surface area contributed by atoms with Gasteiger partial charge >= 0.3 is 11.9 Å². The lowest BCUT2D eigenvalue weighted by atomic mass is 10.1. The number of thioether (sulfide) groups is 1. The molecule has 0 saturated carbocycles. The molecule has 178 valence electrons. The topological polar surface area (TPSA) is 122 Å². The lowest BCUT2D eigenvalue weighted by Crippen LogP contribution is -2.16. The predicted molar refractivity (Wildman–Crippen MR) is 126 cm³/mol. The van der Waals surface area contributed by atoms with Crippen molar-refractivity contribution in [3.05, 3.63) is 53.6 Å². The summed E-state index contributed by atoms with van der Waals surface area (Å²) in [6, 6.07) is 11.7. The second kappa shape index (κ2) is 11.3. The zero-order valence-corrected chi connectivity index (χ0v) is 20.0. The molecule has 1 amide bonds. The van der Waals surface area contributed by atoms with Crippen LogP contribution in [0.15, 0.2) is 47.6 Å². The third-order valence-electron chi connectivity index (χ3n) is 4.77. The summed E-state index contributed by atoms with van der Waals surface area (Å²) in [5.74, 6) is -0.169. The number of amides is 1. The number of ether oxygens (including phenoxy) is 3. The fourth-order valence-electron chi connectivity index (χ4n) is 3.13. The summed E-state index contributed by atoms with van der Waals surface area (Å²) >= 11 is 1.22. The number of nitrogens with one attached hydrogen (secondary N) is 1. The molecular formula is C23H24N4O6S. The third kappa shape index (κ3) is 5.73. The minimum atomic E-state index is -0.641. The van der Waals surface area contributed by atoms with E-state index < -0.39 is 11.9 Å². The fourth-order valence-corrected chi connectivity index (χ4v) is 3.93. The van der Waals surface area contributed by atoms with Crippen LogP contribution in [-0.4, -0.2) is 59.7 Å². The van der Waals surface area contributed by atoms with Crippen molar-refractivity contribution in [3.63, 3.8) is 0 Å². The molecule has 0 spiro atoms. The van der Waals surface area contributed by atoms with E-state index in [1.165, 1.54) is 44.2 Å². The van der Waals surface area contributed by atoms with Gasteiger partial charge in [-0.3, -0.25) is 4.79 Å². The summed E-state index contributed by atoms with van der Waals surface area (Å²) in [6.07, 6.45) is 0. The van der Waals surface area contributed by atoms with Crippen LogP contribution in [0.1, 0.15) is 27.6 Å². The van der Waals surface area contributed by atoms with Gasteiger partial charge in [0, 0.05) is 17.8 Å². The monoisotopic (exact) mass is 484 g/mol. The minimum absolute atomic E-state index is 0.0384. The summed E-state index contributed by atoms with van der Waals surface area (Å²) in [6.45, 7) is 2.58. The Morgan fingerprint density at radius 1 is 0.941 bits per heavy atom. The number of methoxy groups -OCH3 is 3. The maximum atomic E-state index is 12.6. The Morgan fingerprint density at radius 2 is 1.56 bits per heavy atom. The number of aromatic nitrogens is 3. The molecule has 1 aromatic heterocycles. The second-order valence-corrected chi connectivity index (χ2v) is 7.84. The number of carbonyl (C=O) groups is 3. The Hall–Kier alpha value is -3.86. The molecule has 3 rings (SSSR count). The number of nitrogens with zero attached hydrogens (tertiary/aromatic N) is 3. The van der Waals surface area contributed by atoms with Gasteiger partial charge in [0.25, 0.3) is 0 Å². The largest absolute Gasteiger partial charge is 0.497 e. The summed E-state index contributed by atoms with van der Waals surface area (Å²) in [5, 5.41) is 11.8. The van der Waals surface area contributed by atoms with Gasteiger partial charge in [-0.15, -0.1) is 10.2 Å². The minimum Gasteiger partial charge on any atom is -0.497 e. The van der Waals surface area contributed by atoms with Gasteiger partial charge in [-0.2, -0.15) is 0 Å². The van der Waals surface area contributed by atoms with Crippen molar-refractivity contribution in [2.24, 2.45) is 0 Å². The van der Waals surface area contributed by atoms with Crippen molar-refractivity contribution in [1.29, 1.82) is 0 Å². The number of hydrogen-bond donors (Lipinski definition) is 1. The van der Waals surface area contributed by atoms with E-state index in [0.29, 0.717) is 17.5 Å². The van der Waals surface area contributed by atoms with E-state index in [4.69, 9.17) is 14.2 Å². The van der Waals surface area contributed by atoms with Crippen LogP contribution in [-0.2, 0) is 20.8 Å². The molecule has 34 heavy (non-hydrogen) atoms. The Labute approximate surface area is 200 Å². The molecule has 2 aromatic carbocycles. The molecular weight excluding hydrogens is 460 g/mol. The van der Waals surface area contributed by atoms with Gasteiger partial charge in [0.05, 0.1) is 38.2 Å².